The van der Waals surface area contributed by atoms with E-state index in [-0.39, 0.29) is 34.4 Å². The van der Waals surface area contributed by atoms with Crippen LogP contribution >= 0.6 is 0 Å². The number of aliphatic carboxylic acids is 3. The Bertz CT molecular complexity index is 1730. The molecule has 16 heteroatoms. The van der Waals surface area contributed by atoms with Crippen LogP contribution in [-0.4, -0.2) is 132 Å². The van der Waals surface area contributed by atoms with E-state index in [1.54, 1.807) is 0 Å². The minimum Gasteiger partial charge on any atom is -0.481 e. The van der Waals surface area contributed by atoms with Crippen molar-refractivity contribution in [3.63, 3.8) is 0 Å². The lowest BCUT2D eigenvalue weighted by atomic mass is 9.33. The number of aliphatic hydroxyl groups excluding tert-OH is 5. The summed E-state index contributed by atoms with van der Waals surface area (Å²) in [5.41, 5.74) is -1.81. The fourth-order valence-corrected chi connectivity index (χ4v) is 13.4. The first-order valence-corrected chi connectivity index (χ1v) is 20.7. The number of rotatable bonds is 7. The molecule has 19 atom stereocenters. The highest BCUT2D eigenvalue weighted by Gasteiger charge is 2.71. The van der Waals surface area contributed by atoms with E-state index in [0.717, 1.165) is 37.7 Å². The SMILES string of the molecule is CC1(C)C2CC[C@]3(C)C(C(=O)C=C4[C@@H]5C[C@](C)(C(=O)O)CC[C@]5(C)CC[C@]43C)[C@@]2(C)CC[C@@H]1O[C@@H]1O[C@H](C(=O)O)[C@@H](O)[C@H](O)[C@H]1OC1O[C@H](C(=O)O)[C@@H](O)[C@H](O)[C@H]1O. The van der Waals surface area contributed by atoms with Crippen LogP contribution in [0, 0.1) is 50.2 Å². The van der Waals surface area contributed by atoms with Crippen molar-refractivity contribution >= 4 is 23.7 Å². The summed E-state index contributed by atoms with van der Waals surface area (Å²) >= 11 is 0. The smallest absolute Gasteiger partial charge is 0.335 e. The van der Waals surface area contributed by atoms with E-state index < -0.39 is 107 Å². The van der Waals surface area contributed by atoms with Gasteiger partial charge in [0.1, 0.15) is 36.6 Å². The van der Waals surface area contributed by atoms with Crippen molar-refractivity contribution < 1.29 is 79.0 Å². The highest BCUT2D eigenvalue weighted by molar-refractivity contribution is 5.95. The Labute approximate surface area is 337 Å². The summed E-state index contributed by atoms with van der Waals surface area (Å²) in [6.45, 7) is 14.8. The number of carbonyl (C=O) groups excluding carboxylic acids is 1. The lowest BCUT2D eigenvalue weighted by Gasteiger charge is -2.70. The van der Waals surface area contributed by atoms with Gasteiger partial charge in [0, 0.05) is 5.92 Å². The van der Waals surface area contributed by atoms with Crippen molar-refractivity contribution in [2.75, 3.05) is 0 Å². The van der Waals surface area contributed by atoms with Crippen LogP contribution < -0.4 is 0 Å². The van der Waals surface area contributed by atoms with Crippen LogP contribution in [0.3, 0.4) is 0 Å². The molecule has 0 bridgehead atoms. The molecule has 6 fully saturated rings. The van der Waals surface area contributed by atoms with Gasteiger partial charge in [0.05, 0.1) is 11.5 Å². The van der Waals surface area contributed by atoms with E-state index in [9.17, 15) is 60.0 Å². The van der Waals surface area contributed by atoms with Crippen LogP contribution in [0.25, 0.3) is 0 Å². The Morgan fingerprint density at radius 2 is 1.28 bits per heavy atom. The van der Waals surface area contributed by atoms with Gasteiger partial charge in [-0.05, 0) is 110 Å². The summed E-state index contributed by atoms with van der Waals surface area (Å²) in [6, 6.07) is 0. The molecule has 326 valence electrons. The fraction of sp³-hybridized carbons (Fsp3) is 0.857. The molecule has 2 aliphatic heterocycles. The Balaban J connectivity index is 1.17. The van der Waals surface area contributed by atoms with Gasteiger partial charge in [0.2, 0.25) is 0 Å². The third-order valence-corrected chi connectivity index (χ3v) is 17.2. The van der Waals surface area contributed by atoms with Gasteiger partial charge in [0.25, 0.3) is 0 Å². The molecule has 0 spiro atoms. The Kier molecular flexibility index (Phi) is 10.7. The van der Waals surface area contributed by atoms with E-state index in [1.165, 1.54) is 0 Å². The molecule has 0 aromatic rings. The molecule has 0 radical (unpaired) electrons. The predicted molar refractivity (Wildman–Crippen MR) is 199 cm³/mol. The lowest BCUT2D eigenvalue weighted by molar-refractivity contribution is -0.371. The number of fused-ring (bicyclic) bond motifs is 7. The Morgan fingerprint density at radius 1 is 0.690 bits per heavy atom. The number of allylic oxidation sites excluding steroid dienone is 2. The van der Waals surface area contributed by atoms with Crippen molar-refractivity contribution in [1.82, 2.24) is 0 Å². The standard InChI is InChI=1S/C42H62O16/c1-37(2)21-8-11-42(7)31(20(43)16-18-19-17-39(4,36(53)54)13-12-38(19,3)14-15-41(18,42)6)40(21,5)10-9-22(37)55-35-30(26(47)25(46)29(57-35)33(51)52)58-34-27(48)23(44)24(45)28(56-34)32(49)50/h16,19,21-31,34-35,44-48H,8-15,17H2,1-7H3,(H,49,50)(H,51,52)(H,53,54)/t19-,21?,22-,23-,24-,25-,26-,27+,28-,29-,30+,31?,34?,35+,38+,39+,40-,41+,42+/m0/s1. The van der Waals surface area contributed by atoms with Crippen molar-refractivity contribution in [1.29, 1.82) is 0 Å². The van der Waals surface area contributed by atoms with Gasteiger partial charge < -0.3 is 59.8 Å². The average molecular weight is 823 g/mol. The van der Waals surface area contributed by atoms with E-state index in [1.807, 2.05) is 26.8 Å². The fourth-order valence-electron chi connectivity index (χ4n) is 13.4. The van der Waals surface area contributed by atoms with Gasteiger partial charge in [-0.25, -0.2) is 9.59 Å². The van der Waals surface area contributed by atoms with Crippen LogP contribution in [0.1, 0.15) is 106 Å². The number of ether oxygens (including phenoxy) is 4. The topological polar surface area (TPSA) is 267 Å². The molecule has 8 N–H and O–H groups in total. The maximum Gasteiger partial charge on any atom is 0.335 e. The third-order valence-electron chi connectivity index (χ3n) is 17.2. The second kappa shape index (κ2) is 14.3. The Morgan fingerprint density at radius 3 is 1.88 bits per heavy atom. The van der Waals surface area contributed by atoms with Crippen molar-refractivity contribution in [2.24, 2.45) is 50.2 Å². The number of hydrogen-bond acceptors (Lipinski definition) is 13. The molecule has 58 heavy (non-hydrogen) atoms. The summed E-state index contributed by atoms with van der Waals surface area (Å²) in [7, 11) is 0. The van der Waals surface area contributed by atoms with Crippen LogP contribution in [0.15, 0.2) is 11.6 Å². The number of carboxylic acids is 3. The van der Waals surface area contributed by atoms with Crippen molar-refractivity contribution in [3.05, 3.63) is 11.6 Å². The molecule has 7 rings (SSSR count). The molecule has 0 aromatic carbocycles. The van der Waals surface area contributed by atoms with E-state index in [2.05, 4.69) is 27.7 Å². The van der Waals surface area contributed by atoms with Gasteiger partial charge >= 0.3 is 17.9 Å². The van der Waals surface area contributed by atoms with Crippen LogP contribution in [0.4, 0.5) is 0 Å². The molecule has 0 amide bonds. The maximum atomic E-state index is 14.8. The van der Waals surface area contributed by atoms with Crippen molar-refractivity contribution in [2.45, 2.75) is 174 Å². The van der Waals surface area contributed by atoms with E-state index >= 15 is 0 Å². The largest absolute Gasteiger partial charge is 0.481 e. The lowest BCUT2D eigenvalue weighted by Crippen LogP contribution is -2.68. The first-order valence-electron chi connectivity index (χ1n) is 20.7. The summed E-state index contributed by atoms with van der Waals surface area (Å²) in [5.74, 6) is -4.47. The molecule has 2 saturated heterocycles. The summed E-state index contributed by atoms with van der Waals surface area (Å²) in [5, 5.41) is 83.0. The van der Waals surface area contributed by atoms with Crippen LogP contribution in [0.2, 0.25) is 0 Å². The average Bonchev–Trinajstić information content (AvgIpc) is 3.13. The van der Waals surface area contributed by atoms with Gasteiger partial charge in [-0.2, -0.15) is 0 Å². The molecule has 2 heterocycles. The zero-order valence-electron chi connectivity index (χ0n) is 34.4. The zero-order valence-corrected chi connectivity index (χ0v) is 34.4. The van der Waals surface area contributed by atoms with E-state index in [0.29, 0.717) is 25.7 Å². The van der Waals surface area contributed by atoms with Crippen LogP contribution in [0.5, 0.6) is 0 Å². The van der Waals surface area contributed by atoms with Crippen LogP contribution in [-0.2, 0) is 38.1 Å². The summed E-state index contributed by atoms with van der Waals surface area (Å²) in [6.07, 6.45) is -12.2. The molecular weight excluding hydrogens is 760 g/mol. The quantitative estimate of drug-likeness (QED) is 0.171. The highest BCUT2D eigenvalue weighted by Crippen LogP contribution is 2.75. The normalized spacial score (nSPS) is 52.6. The highest BCUT2D eigenvalue weighted by atomic mass is 16.8. The predicted octanol–water partition coefficient (Wildman–Crippen LogP) is 2.25. The summed E-state index contributed by atoms with van der Waals surface area (Å²) in [4.78, 5) is 51.3. The number of carboxylic acid groups (broad SMARTS) is 3. The summed E-state index contributed by atoms with van der Waals surface area (Å²) < 4.78 is 23.4. The molecular formula is C42H62O16. The Hall–Kier alpha value is -2.54. The number of carbonyl (C=O) groups is 4. The first-order chi connectivity index (χ1) is 26.8. The van der Waals surface area contributed by atoms with Gasteiger partial charge in [0.15, 0.2) is 30.6 Å². The molecule has 0 aromatic heterocycles. The van der Waals surface area contributed by atoms with Gasteiger partial charge in [-0.1, -0.05) is 47.1 Å². The zero-order chi connectivity index (χ0) is 42.9. The second-order valence-corrected chi connectivity index (χ2v) is 20.6. The minimum absolute atomic E-state index is 0.0217. The molecule has 16 nitrogen and oxygen atoms in total. The first kappa shape index (κ1) is 43.5. The maximum absolute atomic E-state index is 14.8. The molecule has 4 saturated carbocycles. The molecule has 5 aliphatic carbocycles. The minimum atomic E-state index is -2.05. The number of ketones is 1. The second-order valence-electron chi connectivity index (χ2n) is 20.6. The van der Waals surface area contributed by atoms with Gasteiger partial charge in [-0.15, -0.1) is 0 Å². The number of aliphatic hydroxyl groups is 5. The van der Waals surface area contributed by atoms with Crippen molar-refractivity contribution in [3.8, 4) is 0 Å². The monoisotopic (exact) mass is 822 g/mol. The molecule has 3 unspecified atom stereocenters. The molecule has 7 aliphatic rings. The van der Waals surface area contributed by atoms with E-state index in [4.69, 9.17) is 18.9 Å². The number of hydrogen-bond donors (Lipinski definition) is 8. The third kappa shape index (κ3) is 6.25. The van der Waals surface area contributed by atoms with Gasteiger partial charge in [-0.3, -0.25) is 9.59 Å².